The molecular weight excluding hydrogens is 575 g/mol. The second kappa shape index (κ2) is 10.4. The number of rotatable bonds is 8. The Bertz CT molecular complexity index is 1500. The highest BCUT2D eigenvalue weighted by Gasteiger charge is 2.48. The van der Waals surface area contributed by atoms with Gasteiger partial charge in [0.2, 0.25) is 23.2 Å². The fourth-order valence-corrected chi connectivity index (χ4v) is 3.90. The first-order valence-electron chi connectivity index (χ1n) is 8.94. The molecule has 0 heterocycles. The largest absolute Gasteiger partial charge is 0.450 e. The van der Waals surface area contributed by atoms with Crippen molar-refractivity contribution in [2.24, 2.45) is 0 Å². The van der Waals surface area contributed by atoms with Crippen molar-refractivity contribution in [2.75, 3.05) is 0 Å². The highest BCUT2D eigenvalue weighted by atomic mass is 32.2. The van der Waals surface area contributed by atoms with Crippen LogP contribution in [0.3, 0.4) is 0 Å². The van der Waals surface area contributed by atoms with E-state index in [0.717, 1.165) is 30.3 Å². The summed E-state index contributed by atoms with van der Waals surface area (Å²) in [5.41, 5.74) is -3.00. The van der Waals surface area contributed by atoms with E-state index in [1.54, 1.807) is 0 Å². The van der Waals surface area contributed by atoms with Gasteiger partial charge in [0.25, 0.3) is 10.1 Å². The molecule has 18 heteroatoms. The number of fused-ring (bicyclic) bond motifs is 1. The van der Waals surface area contributed by atoms with Gasteiger partial charge < -0.3 is 4.74 Å². The zero-order valence-electron chi connectivity index (χ0n) is 17.0. The molecule has 7 nitrogen and oxygen atoms in total. The molecule has 0 saturated carbocycles. The second-order valence-electron chi connectivity index (χ2n) is 6.72. The van der Waals surface area contributed by atoms with E-state index in [9.17, 15) is 52.5 Å². The van der Waals surface area contributed by atoms with Crippen molar-refractivity contribution in [1.29, 1.82) is 0 Å². The van der Waals surface area contributed by atoms with Gasteiger partial charge in [-0.3, -0.25) is 4.55 Å². The van der Waals surface area contributed by atoms with Crippen molar-refractivity contribution >= 4 is 32.9 Å². The van der Waals surface area contributed by atoms with E-state index >= 15 is 0 Å². The summed E-state index contributed by atoms with van der Waals surface area (Å²) in [5.74, 6) is -23.5. The molecule has 0 saturated heterocycles. The van der Waals surface area contributed by atoms with Crippen LogP contribution in [0.15, 0.2) is 52.0 Å². The van der Waals surface area contributed by atoms with Crippen LogP contribution in [0.25, 0.3) is 10.8 Å². The Balaban J connectivity index is 2.25. The molecule has 0 aromatic heterocycles. The van der Waals surface area contributed by atoms with Gasteiger partial charge in [-0.1, -0.05) is 5.04 Å². The van der Waals surface area contributed by atoms with Crippen LogP contribution in [0, 0.1) is 23.3 Å². The fourth-order valence-electron chi connectivity index (χ4n) is 2.95. The third-order valence-electron chi connectivity index (χ3n) is 4.51. The number of hydrogen-bond donors (Lipinski definition) is 2. The summed E-state index contributed by atoms with van der Waals surface area (Å²) in [6, 6.07) is 4.42. The van der Waals surface area contributed by atoms with E-state index in [0.29, 0.717) is 0 Å². The first-order valence-corrected chi connectivity index (χ1v) is 11.1. The fraction of sp³-hybridized carbons (Fsp3) is 0.0526. The van der Waals surface area contributed by atoms with E-state index < -0.39 is 73.2 Å². The molecule has 0 unspecified atom stereocenters. The van der Waals surface area contributed by atoms with Crippen molar-refractivity contribution in [2.45, 2.75) is 15.7 Å². The van der Waals surface area contributed by atoms with Crippen molar-refractivity contribution < 1.29 is 71.9 Å². The summed E-state index contributed by atoms with van der Waals surface area (Å²) < 4.78 is 164. The van der Waals surface area contributed by atoms with Gasteiger partial charge in [-0.05, 0) is 35.7 Å². The van der Waals surface area contributed by atoms with E-state index in [1.165, 1.54) is 0 Å². The predicted molar refractivity (Wildman–Crippen MR) is 105 cm³/mol. The maximum atomic E-state index is 14.5. The predicted octanol–water partition coefficient (Wildman–Crippen LogP) is 7.03. The van der Waals surface area contributed by atoms with E-state index in [2.05, 4.69) is 9.37 Å². The van der Waals surface area contributed by atoms with Crippen molar-refractivity contribution in [3.63, 3.8) is 0 Å². The lowest BCUT2D eigenvalue weighted by Crippen LogP contribution is -2.22. The first-order chi connectivity index (χ1) is 17.1. The molecule has 0 atom stereocenters. The van der Waals surface area contributed by atoms with E-state index in [1.807, 2.05) is 0 Å². The topological polar surface area (TPSA) is 102 Å². The van der Waals surface area contributed by atoms with E-state index in [4.69, 9.17) is 9.99 Å². The lowest BCUT2D eigenvalue weighted by molar-refractivity contribution is -0.432. The monoisotopic (exact) mass is 582 g/mol. The maximum Gasteiger partial charge on any atom is 0.335 e. The second-order valence-corrected chi connectivity index (χ2v) is 8.91. The van der Waals surface area contributed by atoms with Gasteiger partial charge in [-0.2, -0.15) is 39.2 Å². The number of halogens is 9. The average molecular weight is 582 g/mol. The molecule has 0 amide bonds. The van der Waals surface area contributed by atoms with Crippen LogP contribution in [-0.2, 0) is 25.4 Å². The molecule has 2 N–H and O–H groups in total. The maximum absolute atomic E-state index is 14.5. The average Bonchev–Trinajstić information content (AvgIpc) is 2.82. The first kappa shape index (κ1) is 28.5. The molecule has 200 valence electrons. The minimum absolute atomic E-state index is 0.183. The van der Waals surface area contributed by atoms with Gasteiger partial charge >= 0.3 is 12.0 Å². The highest BCUT2D eigenvalue weighted by molar-refractivity contribution is 7.94. The smallest absolute Gasteiger partial charge is 0.335 e. The molecule has 3 rings (SSSR count). The van der Waals surface area contributed by atoms with Gasteiger partial charge in [-0.15, -0.1) is 4.33 Å². The molecule has 0 fully saturated rings. The molecule has 3 aromatic rings. The Hall–Kier alpha value is -3.03. The van der Waals surface area contributed by atoms with Gasteiger partial charge in [0.05, 0.1) is 16.9 Å². The van der Waals surface area contributed by atoms with Gasteiger partial charge in [0.15, 0.2) is 11.6 Å². The van der Waals surface area contributed by atoms with Crippen LogP contribution >= 0.6 is 12.0 Å². The zero-order chi connectivity index (χ0) is 27.9. The van der Waals surface area contributed by atoms with Crippen molar-refractivity contribution in [3.05, 3.63) is 71.1 Å². The molecule has 0 aliphatic heterocycles. The Kier molecular flexibility index (Phi) is 8.01. The zero-order valence-corrected chi connectivity index (χ0v) is 18.7. The van der Waals surface area contributed by atoms with Crippen molar-refractivity contribution in [3.8, 4) is 11.5 Å². The van der Waals surface area contributed by atoms with Gasteiger partial charge in [0, 0.05) is 10.3 Å². The van der Waals surface area contributed by atoms with Crippen LogP contribution in [-0.4, -0.2) is 18.2 Å². The van der Waals surface area contributed by atoms with Crippen LogP contribution in [0.5, 0.6) is 11.5 Å². The standard InChI is InChI=1S/C19H7F9O7S2/c20-12-11(19(27,28)17(24)18(25)26)13(21)15(23)16(14(12)22)33-10-5-7(36-35-34-29)3-6-4-8(37(30,31)32)1-2-9(6)10/h1-5,29H,(H,30,31,32). The highest BCUT2D eigenvalue weighted by Crippen LogP contribution is 2.46. The SMILES string of the molecule is O=S(=O)(O)c1ccc2c(Oc3c(F)c(F)c(C(F)(F)C(F)=C(F)F)c(F)c3F)cc(SOOO)cc2c1. The molecular formula is C19H7F9O7S2. The Morgan fingerprint density at radius 2 is 1.51 bits per heavy atom. The van der Waals surface area contributed by atoms with Crippen LogP contribution < -0.4 is 4.74 Å². The number of allylic oxidation sites excluding steroid dienone is 1. The molecule has 0 aliphatic carbocycles. The minimum Gasteiger partial charge on any atom is -0.450 e. The number of alkyl halides is 2. The molecule has 3 aromatic carbocycles. The summed E-state index contributed by atoms with van der Waals surface area (Å²) in [4.78, 5) is -0.886. The van der Waals surface area contributed by atoms with Crippen LogP contribution in [0.2, 0.25) is 0 Å². The molecule has 37 heavy (non-hydrogen) atoms. The Morgan fingerprint density at radius 1 is 0.919 bits per heavy atom. The molecule has 0 spiro atoms. The van der Waals surface area contributed by atoms with Crippen molar-refractivity contribution in [1.82, 2.24) is 0 Å². The Morgan fingerprint density at radius 3 is 2.03 bits per heavy atom. The summed E-state index contributed by atoms with van der Waals surface area (Å²) in [7, 11) is -4.77. The third-order valence-corrected chi connectivity index (χ3v) is 5.92. The minimum atomic E-state index is -5.82. The quantitative estimate of drug-likeness (QED) is 0.0729. The van der Waals surface area contributed by atoms with E-state index in [-0.39, 0.29) is 27.7 Å². The van der Waals surface area contributed by atoms with Gasteiger partial charge in [0.1, 0.15) is 11.3 Å². The summed E-state index contributed by atoms with van der Waals surface area (Å²) in [6.07, 6.45) is -3.70. The molecule has 0 bridgehead atoms. The third kappa shape index (κ3) is 5.48. The normalized spacial score (nSPS) is 12.2. The summed E-state index contributed by atoms with van der Waals surface area (Å²) in [5, 5.41) is 11.2. The number of benzene rings is 3. The van der Waals surface area contributed by atoms with Gasteiger partial charge in [-0.25, -0.2) is 14.0 Å². The lowest BCUT2D eigenvalue weighted by Gasteiger charge is -2.19. The number of ether oxygens (including phenoxy) is 1. The Labute approximate surface area is 203 Å². The summed E-state index contributed by atoms with van der Waals surface area (Å²) in [6.45, 7) is 0. The number of hydrogen-bond acceptors (Lipinski definition) is 7. The molecule has 0 radical (unpaired) electrons. The van der Waals surface area contributed by atoms with Crippen LogP contribution in [0.4, 0.5) is 39.5 Å². The van der Waals surface area contributed by atoms with Crippen LogP contribution in [0.1, 0.15) is 5.56 Å². The summed E-state index contributed by atoms with van der Waals surface area (Å²) >= 11 is 0.183. The lowest BCUT2D eigenvalue weighted by atomic mass is 10.0. The molecule has 0 aliphatic rings.